The van der Waals surface area contributed by atoms with Crippen LogP contribution in [0.25, 0.3) is 0 Å². The van der Waals surface area contributed by atoms with Crippen molar-refractivity contribution in [2.45, 2.75) is 33.1 Å². The normalized spacial score (nSPS) is 30.0. The summed E-state index contributed by atoms with van der Waals surface area (Å²) in [4.78, 5) is 12.4. The van der Waals surface area contributed by atoms with E-state index in [-0.39, 0.29) is 10.8 Å². The molecule has 0 saturated heterocycles. The average molecular weight is 286 g/mol. The number of methoxy groups -OCH3 is 1. The molecule has 3 rings (SSSR count). The van der Waals surface area contributed by atoms with E-state index in [9.17, 15) is 4.79 Å². The van der Waals surface area contributed by atoms with Gasteiger partial charge in [0, 0.05) is 6.42 Å². The molecule has 0 unspecified atom stereocenters. The molecule has 0 radical (unpaired) electrons. The van der Waals surface area contributed by atoms with Gasteiger partial charge in [0.15, 0.2) is 0 Å². The van der Waals surface area contributed by atoms with E-state index in [0.29, 0.717) is 11.7 Å². The van der Waals surface area contributed by atoms with Gasteiger partial charge in [-0.25, -0.2) is 0 Å². The van der Waals surface area contributed by atoms with Crippen molar-refractivity contribution in [3.8, 4) is 11.5 Å². The molecule has 2 bridgehead atoms. The van der Waals surface area contributed by atoms with Gasteiger partial charge in [-0.3, -0.25) is 4.79 Å². The molecule has 2 atom stereocenters. The molecule has 2 aliphatic rings. The molecule has 3 nitrogen and oxygen atoms in total. The zero-order chi connectivity index (χ0) is 15.1. The Bertz CT molecular complexity index is 571. The number of hydrogen-bond acceptors (Lipinski definition) is 3. The lowest BCUT2D eigenvalue weighted by Gasteiger charge is -2.33. The summed E-state index contributed by atoms with van der Waals surface area (Å²) in [5.41, 5.74) is -0.284. The molecule has 2 aliphatic carbocycles. The maximum absolute atomic E-state index is 12.4. The molecule has 0 amide bonds. The number of allylic oxidation sites excluding steroid dienone is 1. The first-order valence-electron chi connectivity index (χ1n) is 7.51. The summed E-state index contributed by atoms with van der Waals surface area (Å²) in [5.74, 6) is 2.45. The smallest absolute Gasteiger partial charge is 0.143 e. The van der Waals surface area contributed by atoms with Gasteiger partial charge in [-0.2, -0.15) is 0 Å². The summed E-state index contributed by atoms with van der Waals surface area (Å²) in [5, 5.41) is 0. The van der Waals surface area contributed by atoms with Crippen molar-refractivity contribution in [2.24, 2.45) is 16.7 Å². The van der Waals surface area contributed by atoms with Crippen LogP contribution in [0.2, 0.25) is 0 Å². The lowest BCUT2D eigenvalue weighted by molar-refractivity contribution is -0.126. The number of ketones is 1. The topological polar surface area (TPSA) is 35.5 Å². The Balaban J connectivity index is 1.75. The first kappa shape index (κ1) is 14.2. The van der Waals surface area contributed by atoms with E-state index in [1.807, 2.05) is 30.3 Å². The fourth-order valence-corrected chi connectivity index (χ4v) is 3.99. The average Bonchev–Trinajstić information content (AvgIpc) is 2.82. The second kappa shape index (κ2) is 4.90. The second-order valence-electron chi connectivity index (χ2n) is 6.65. The number of ether oxygens (including phenoxy) is 2. The van der Waals surface area contributed by atoms with E-state index < -0.39 is 0 Å². The lowest BCUT2D eigenvalue weighted by atomic mass is 9.69. The van der Waals surface area contributed by atoms with Crippen molar-refractivity contribution < 1.29 is 14.3 Å². The molecule has 0 N–H and O–H groups in total. The van der Waals surface area contributed by atoms with Gasteiger partial charge in [0.2, 0.25) is 0 Å². The molecule has 2 fully saturated rings. The SMILES string of the molecule is COc1ccc(O/C=C/[C@]23CC[C@H](CC2=O)C3(C)C)cc1. The first-order valence-corrected chi connectivity index (χ1v) is 7.51. The molecule has 2 saturated carbocycles. The summed E-state index contributed by atoms with van der Waals surface area (Å²) in [7, 11) is 1.64. The minimum absolute atomic E-state index is 0.0455. The summed E-state index contributed by atoms with van der Waals surface area (Å²) in [6.45, 7) is 4.43. The van der Waals surface area contributed by atoms with Crippen LogP contribution < -0.4 is 9.47 Å². The van der Waals surface area contributed by atoms with Gasteiger partial charge in [-0.05, 0) is 54.5 Å². The molecule has 112 valence electrons. The van der Waals surface area contributed by atoms with Crippen molar-refractivity contribution in [3.63, 3.8) is 0 Å². The predicted octanol–water partition coefficient (Wildman–Crippen LogP) is 3.98. The Labute approximate surface area is 125 Å². The van der Waals surface area contributed by atoms with Crippen molar-refractivity contribution in [2.75, 3.05) is 7.11 Å². The van der Waals surface area contributed by atoms with E-state index >= 15 is 0 Å². The minimum atomic E-state index is -0.329. The van der Waals surface area contributed by atoms with Crippen LogP contribution in [0.3, 0.4) is 0 Å². The van der Waals surface area contributed by atoms with Gasteiger partial charge in [0.05, 0.1) is 18.8 Å². The Hall–Kier alpha value is -1.77. The highest BCUT2D eigenvalue weighted by molar-refractivity contribution is 5.91. The van der Waals surface area contributed by atoms with Crippen LogP contribution in [0.1, 0.15) is 33.1 Å². The Morgan fingerprint density at radius 3 is 2.38 bits per heavy atom. The lowest BCUT2D eigenvalue weighted by Crippen LogP contribution is -2.33. The Morgan fingerprint density at radius 2 is 1.86 bits per heavy atom. The number of carbonyl (C=O) groups excluding carboxylic acids is 1. The van der Waals surface area contributed by atoms with Crippen LogP contribution in [0.5, 0.6) is 11.5 Å². The molecule has 3 heteroatoms. The van der Waals surface area contributed by atoms with E-state index in [2.05, 4.69) is 13.8 Å². The highest BCUT2D eigenvalue weighted by Crippen LogP contribution is 2.64. The maximum Gasteiger partial charge on any atom is 0.143 e. The third-order valence-electron chi connectivity index (χ3n) is 5.60. The highest BCUT2D eigenvalue weighted by atomic mass is 16.5. The van der Waals surface area contributed by atoms with Crippen molar-refractivity contribution in [1.29, 1.82) is 0 Å². The number of Topliss-reactive ketones (excluding diaryl/α,β-unsaturated/α-hetero) is 1. The van der Waals surface area contributed by atoms with Gasteiger partial charge >= 0.3 is 0 Å². The maximum atomic E-state index is 12.4. The first-order chi connectivity index (χ1) is 9.99. The van der Waals surface area contributed by atoms with Crippen LogP contribution in [0.4, 0.5) is 0 Å². The van der Waals surface area contributed by atoms with E-state index in [1.165, 1.54) is 0 Å². The number of benzene rings is 1. The Kier molecular flexibility index (Phi) is 3.31. The number of fused-ring (bicyclic) bond motifs is 2. The van der Waals surface area contributed by atoms with Crippen molar-refractivity contribution in [3.05, 3.63) is 36.6 Å². The molecule has 0 aliphatic heterocycles. The molecule has 1 aromatic carbocycles. The summed E-state index contributed by atoms with van der Waals surface area (Å²) >= 11 is 0. The molecular formula is C18H22O3. The highest BCUT2D eigenvalue weighted by Gasteiger charge is 2.62. The quantitative estimate of drug-likeness (QED) is 0.785. The van der Waals surface area contributed by atoms with Crippen LogP contribution in [-0.2, 0) is 4.79 Å². The van der Waals surface area contributed by atoms with Crippen LogP contribution >= 0.6 is 0 Å². The van der Waals surface area contributed by atoms with Gasteiger partial charge in [-0.1, -0.05) is 13.8 Å². The second-order valence-corrected chi connectivity index (χ2v) is 6.65. The largest absolute Gasteiger partial charge is 0.497 e. The zero-order valence-corrected chi connectivity index (χ0v) is 12.9. The van der Waals surface area contributed by atoms with Gasteiger partial charge in [0.25, 0.3) is 0 Å². The molecule has 0 heterocycles. The van der Waals surface area contributed by atoms with E-state index in [0.717, 1.165) is 30.8 Å². The molecular weight excluding hydrogens is 264 g/mol. The number of rotatable bonds is 4. The van der Waals surface area contributed by atoms with E-state index in [4.69, 9.17) is 9.47 Å². The van der Waals surface area contributed by atoms with Crippen molar-refractivity contribution >= 4 is 5.78 Å². The monoisotopic (exact) mass is 286 g/mol. The summed E-state index contributed by atoms with van der Waals surface area (Å²) in [6, 6.07) is 7.44. The van der Waals surface area contributed by atoms with Crippen LogP contribution in [0, 0.1) is 16.7 Å². The standard InChI is InChI=1S/C18H22O3/c1-17(2)13-8-9-18(17,16(19)12-13)10-11-21-15-6-4-14(20-3)5-7-15/h4-7,10-11,13H,8-9,12H2,1-3H3/b11-10+/t13-,18-/m1/s1. The third kappa shape index (κ3) is 2.06. The molecule has 1 aromatic rings. The predicted molar refractivity (Wildman–Crippen MR) is 81.3 cm³/mol. The fourth-order valence-electron chi connectivity index (χ4n) is 3.99. The Morgan fingerprint density at radius 1 is 1.19 bits per heavy atom. The van der Waals surface area contributed by atoms with Crippen LogP contribution in [0.15, 0.2) is 36.6 Å². The fraction of sp³-hybridized carbons (Fsp3) is 0.500. The van der Waals surface area contributed by atoms with Crippen LogP contribution in [-0.4, -0.2) is 12.9 Å². The molecule has 0 spiro atoms. The zero-order valence-electron chi connectivity index (χ0n) is 12.9. The third-order valence-corrected chi connectivity index (χ3v) is 5.60. The minimum Gasteiger partial charge on any atom is -0.497 e. The summed E-state index contributed by atoms with van der Waals surface area (Å²) in [6.07, 6.45) is 6.50. The number of hydrogen-bond donors (Lipinski definition) is 0. The molecule has 21 heavy (non-hydrogen) atoms. The van der Waals surface area contributed by atoms with Gasteiger partial charge in [-0.15, -0.1) is 0 Å². The molecule has 0 aromatic heterocycles. The van der Waals surface area contributed by atoms with E-state index in [1.54, 1.807) is 13.4 Å². The number of carbonyl (C=O) groups is 1. The van der Waals surface area contributed by atoms with Gasteiger partial charge in [0.1, 0.15) is 17.3 Å². The summed E-state index contributed by atoms with van der Waals surface area (Å²) < 4.78 is 10.8. The van der Waals surface area contributed by atoms with Crippen molar-refractivity contribution in [1.82, 2.24) is 0 Å². The van der Waals surface area contributed by atoms with Gasteiger partial charge < -0.3 is 9.47 Å².